The van der Waals surface area contributed by atoms with Crippen LogP contribution in [0.15, 0.2) is 54.6 Å². The van der Waals surface area contributed by atoms with Crippen molar-refractivity contribution in [2.24, 2.45) is 5.92 Å². The molecule has 8 heteroatoms. The molecular formula is C27H33N3O5. The van der Waals surface area contributed by atoms with Gasteiger partial charge in [0.25, 0.3) is 0 Å². The second-order valence-electron chi connectivity index (χ2n) is 9.31. The first-order chi connectivity index (χ1) is 16.9. The van der Waals surface area contributed by atoms with Crippen LogP contribution in [0.5, 0.6) is 5.75 Å². The largest absolute Gasteiger partial charge is 0.486 e. The molecule has 0 aromatic heterocycles. The average molecular weight is 480 g/mol. The molecule has 8 nitrogen and oxygen atoms in total. The van der Waals surface area contributed by atoms with E-state index in [-0.39, 0.29) is 23.7 Å². The fourth-order valence-electron chi connectivity index (χ4n) is 4.42. The van der Waals surface area contributed by atoms with Crippen LogP contribution in [0.3, 0.4) is 0 Å². The lowest BCUT2D eigenvalue weighted by Gasteiger charge is -2.36. The molecule has 2 amide bonds. The van der Waals surface area contributed by atoms with Gasteiger partial charge in [-0.25, -0.2) is 4.79 Å². The molecular weight excluding hydrogens is 446 g/mol. The molecule has 1 aliphatic carbocycles. The third-order valence-corrected chi connectivity index (χ3v) is 6.64. The van der Waals surface area contributed by atoms with Gasteiger partial charge in [-0.15, -0.1) is 0 Å². The van der Waals surface area contributed by atoms with Crippen LogP contribution in [0.1, 0.15) is 48.2 Å². The molecule has 2 N–H and O–H groups in total. The molecule has 1 saturated carbocycles. The average Bonchev–Trinajstić information content (AvgIpc) is 3.72. The van der Waals surface area contributed by atoms with E-state index < -0.39 is 12.1 Å². The number of ketones is 1. The number of carbonyl (C=O) groups excluding carboxylic acids is 2. The van der Waals surface area contributed by atoms with Crippen molar-refractivity contribution in [1.29, 1.82) is 0 Å². The van der Waals surface area contributed by atoms with Crippen molar-refractivity contribution < 1.29 is 24.2 Å². The Morgan fingerprint density at radius 2 is 1.66 bits per heavy atom. The third kappa shape index (κ3) is 6.82. The number of hydrogen-bond donors (Lipinski definition) is 2. The van der Waals surface area contributed by atoms with Crippen LogP contribution < -0.4 is 10.1 Å². The molecule has 2 fully saturated rings. The van der Waals surface area contributed by atoms with Crippen molar-refractivity contribution in [2.75, 3.05) is 32.7 Å². The number of ether oxygens (including phenoxy) is 1. The number of nitrogens with one attached hydrogen (secondary N) is 1. The molecule has 0 radical (unpaired) electrons. The van der Waals surface area contributed by atoms with E-state index in [1.807, 2.05) is 42.5 Å². The van der Waals surface area contributed by atoms with Crippen LogP contribution in [-0.2, 0) is 4.79 Å². The summed E-state index contributed by atoms with van der Waals surface area (Å²) < 4.78 is 6.36. The van der Waals surface area contributed by atoms with Crippen LogP contribution in [0.4, 0.5) is 4.79 Å². The monoisotopic (exact) mass is 479 g/mol. The Morgan fingerprint density at radius 1 is 1.00 bits per heavy atom. The summed E-state index contributed by atoms with van der Waals surface area (Å²) >= 11 is 0. The molecule has 0 bridgehead atoms. The van der Waals surface area contributed by atoms with E-state index in [1.54, 1.807) is 11.8 Å². The van der Waals surface area contributed by atoms with E-state index in [4.69, 9.17) is 9.84 Å². The Balaban J connectivity index is 1.32. The highest BCUT2D eigenvalue weighted by Gasteiger charge is 2.30. The molecule has 2 aromatic carbocycles. The summed E-state index contributed by atoms with van der Waals surface area (Å²) in [6.45, 7) is 4.97. The lowest BCUT2D eigenvalue weighted by molar-refractivity contribution is -0.134. The van der Waals surface area contributed by atoms with Crippen molar-refractivity contribution in [3.8, 4) is 5.75 Å². The van der Waals surface area contributed by atoms with Crippen molar-refractivity contribution in [2.45, 2.75) is 38.3 Å². The van der Waals surface area contributed by atoms with Gasteiger partial charge in [0, 0.05) is 50.6 Å². The van der Waals surface area contributed by atoms with Crippen molar-refractivity contribution in [3.05, 3.63) is 65.7 Å². The zero-order valence-corrected chi connectivity index (χ0v) is 20.1. The number of benzene rings is 2. The molecule has 2 aromatic rings. The van der Waals surface area contributed by atoms with Crippen LogP contribution >= 0.6 is 0 Å². The predicted octanol–water partition coefficient (Wildman–Crippen LogP) is 3.59. The first kappa shape index (κ1) is 24.7. The number of carboxylic acid groups (broad SMARTS) is 1. The minimum Gasteiger partial charge on any atom is -0.486 e. The summed E-state index contributed by atoms with van der Waals surface area (Å²) in [6.07, 6.45) is 1.43. The Bertz CT molecular complexity index is 1010. The van der Waals surface area contributed by atoms with Crippen molar-refractivity contribution >= 4 is 17.8 Å². The van der Waals surface area contributed by atoms with Gasteiger partial charge < -0.3 is 20.1 Å². The van der Waals surface area contributed by atoms with E-state index in [0.29, 0.717) is 13.1 Å². The van der Waals surface area contributed by atoms with Gasteiger partial charge in [0.2, 0.25) is 5.91 Å². The summed E-state index contributed by atoms with van der Waals surface area (Å²) in [4.78, 5) is 39.6. The molecule has 2 atom stereocenters. The van der Waals surface area contributed by atoms with Crippen LogP contribution in [0.25, 0.3) is 0 Å². The number of piperazine rings is 1. The van der Waals surface area contributed by atoms with Gasteiger partial charge in [0.05, 0.1) is 0 Å². The van der Waals surface area contributed by atoms with Crippen LogP contribution in [0, 0.1) is 5.92 Å². The predicted molar refractivity (Wildman–Crippen MR) is 132 cm³/mol. The van der Waals surface area contributed by atoms with Crippen molar-refractivity contribution in [3.63, 3.8) is 0 Å². The molecule has 186 valence electrons. The van der Waals surface area contributed by atoms with Gasteiger partial charge in [0.15, 0.2) is 5.78 Å². The second-order valence-corrected chi connectivity index (χ2v) is 9.31. The Hall–Kier alpha value is -3.39. The zero-order chi connectivity index (χ0) is 24.8. The van der Waals surface area contributed by atoms with E-state index in [9.17, 15) is 14.4 Å². The smallest absolute Gasteiger partial charge is 0.405 e. The van der Waals surface area contributed by atoms with Gasteiger partial charge >= 0.3 is 6.09 Å². The molecule has 1 aliphatic heterocycles. The number of nitrogens with zero attached hydrogens (tertiary/aromatic N) is 2. The second kappa shape index (κ2) is 11.4. The van der Waals surface area contributed by atoms with Crippen LogP contribution in [0.2, 0.25) is 0 Å². The fraction of sp³-hybridized carbons (Fsp3) is 0.444. The molecule has 1 heterocycles. The summed E-state index contributed by atoms with van der Waals surface area (Å²) in [5.74, 6) is 0.968. The Labute approximate surface area is 205 Å². The first-order valence-corrected chi connectivity index (χ1v) is 12.3. The Kier molecular flexibility index (Phi) is 8.02. The van der Waals surface area contributed by atoms with Gasteiger partial charge in [-0.1, -0.05) is 30.3 Å². The van der Waals surface area contributed by atoms with E-state index in [1.165, 1.54) is 0 Å². The SMILES string of the molecule is C[C@@H](NC(=O)O)C(=O)N1CCN(CC[C@H](Oc2ccc(C(=O)C3CC3)cc2)c2ccccc2)CC1. The molecule has 0 spiro atoms. The molecule has 1 saturated heterocycles. The van der Waals surface area contributed by atoms with Crippen molar-refractivity contribution in [1.82, 2.24) is 15.1 Å². The summed E-state index contributed by atoms with van der Waals surface area (Å²) in [5, 5.41) is 11.1. The third-order valence-electron chi connectivity index (χ3n) is 6.64. The normalized spacial score (nSPS) is 17.9. The van der Waals surface area contributed by atoms with E-state index >= 15 is 0 Å². The number of hydrogen-bond acceptors (Lipinski definition) is 5. The fourth-order valence-corrected chi connectivity index (χ4v) is 4.42. The molecule has 0 unspecified atom stereocenters. The van der Waals surface area contributed by atoms with Gasteiger partial charge in [-0.2, -0.15) is 0 Å². The summed E-state index contributed by atoms with van der Waals surface area (Å²) in [5.41, 5.74) is 1.84. The van der Waals surface area contributed by atoms with E-state index in [0.717, 1.165) is 55.8 Å². The number of Topliss-reactive ketones (excluding diaryl/α,β-unsaturated/α-hetero) is 1. The topological polar surface area (TPSA) is 99.2 Å². The molecule has 2 aliphatic rings. The van der Waals surface area contributed by atoms with Crippen LogP contribution in [-0.4, -0.2) is 71.5 Å². The van der Waals surface area contributed by atoms with Gasteiger partial charge in [-0.3, -0.25) is 14.5 Å². The maximum atomic E-state index is 12.4. The highest BCUT2D eigenvalue weighted by Crippen LogP contribution is 2.33. The summed E-state index contributed by atoms with van der Waals surface area (Å²) in [6, 6.07) is 16.8. The maximum absolute atomic E-state index is 12.4. The number of carbonyl (C=O) groups is 3. The minimum absolute atomic E-state index is 0.138. The van der Waals surface area contributed by atoms with Gasteiger partial charge in [-0.05, 0) is 49.6 Å². The minimum atomic E-state index is -1.19. The Morgan fingerprint density at radius 3 is 2.26 bits per heavy atom. The zero-order valence-electron chi connectivity index (χ0n) is 20.1. The maximum Gasteiger partial charge on any atom is 0.405 e. The highest BCUT2D eigenvalue weighted by molar-refractivity contribution is 5.99. The van der Waals surface area contributed by atoms with Gasteiger partial charge in [0.1, 0.15) is 17.9 Å². The number of amides is 2. The standard InChI is InChI=1S/C27H33N3O5/c1-19(28-27(33)34)26(32)30-17-15-29(16-18-30)14-13-24(20-5-3-2-4-6-20)35-23-11-9-22(10-12-23)25(31)21-7-8-21/h2-6,9-12,19,21,24,28H,7-8,13-18H2,1H3,(H,33,34)/t19-,24+/m1/s1. The lowest BCUT2D eigenvalue weighted by atomic mass is 10.1. The number of rotatable bonds is 10. The van der Waals surface area contributed by atoms with E-state index in [2.05, 4.69) is 22.3 Å². The highest BCUT2D eigenvalue weighted by atomic mass is 16.5. The summed E-state index contributed by atoms with van der Waals surface area (Å²) in [7, 11) is 0. The molecule has 4 rings (SSSR count). The quantitative estimate of drug-likeness (QED) is 0.506. The molecule has 35 heavy (non-hydrogen) atoms. The first-order valence-electron chi connectivity index (χ1n) is 12.3. The lowest BCUT2D eigenvalue weighted by Crippen LogP contribution is -2.54.